The summed E-state index contributed by atoms with van der Waals surface area (Å²) < 4.78 is 2.26. The highest BCUT2D eigenvalue weighted by molar-refractivity contribution is 7.99. The summed E-state index contributed by atoms with van der Waals surface area (Å²) in [6, 6.07) is 6.76. The molecule has 0 bridgehead atoms. The van der Waals surface area contributed by atoms with Crippen LogP contribution >= 0.6 is 11.8 Å². The van der Waals surface area contributed by atoms with Crippen LogP contribution in [-0.4, -0.2) is 26.4 Å². The number of carboxylic acids is 1. The van der Waals surface area contributed by atoms with Crippen LogP contribution in [0.25, 0.3) is 11.0 Å². The number of carboxylic acid groups (broad SMARTS) is 1. The van der Waals surface area contributed by atoms with Crippen molar-refractivity contribution >= 4 is 28.8 Å². The first-order valence-corrected chi connectivity index (χ1v) is 7.97. The van der Waals surface area contributed by atoms with E-state index in [2.05, 4.69) is 34.7 Å². The summed E-state index contributed by atoms with van der Waals surface area (Å²) in [5, 5.41) is 9.74. The van der Waals surface area contributed by atoms with Crippen LogP contribution in [0.15, 0.2) is 23.4 Å². The lowest BCUT2D eigenvalue weighted by Gasteiger charge is -2.15. The number of hydrogen-bond donors (Lipinski definition) is 1. The molecular weight excluding hydrogens is 272 g/mol. The Kier molecular flexibility index (Phi) is 3.70. The predicted octanol–water partition coefficient (Wildman–Crippen LogP) is 3.64. The van der Waals surface area contributed by atoms with Crippen LogP contribution in [0.2, 0.25) is 0 Å². The third-order valence-electron chi connectivity index (χ3n) is 3.83. The number of nitrogens with zero attached hydrogens (tertiary/aromatic N) is 2. The van der Waals surface area contributed by atoms with E-state index in [4.69, 9.17) is 5.11 Å². The van der Waals surface area contributed by atoms with Gasteiger partial charge < -0.3 is 9.67 Å². The largest absolute Gasteiger partial charge is 0.481 e. The smallest absolute Gasteiger partial charge is 0.313 e. The van der Waals surface area contributed by atoms with E-state index in [1.807, 2.05) is 0 Å². The highest BCUT2D eigenvalue weighted by Crippen LogP contribution is 2.36. The van der Waals surface area contributed by atoms with Crippen molar-refractivity contribution in [2.75, 3.05) is 5.75 Å². The van der Waals surface area contributed by atoms with E-state index in [9.17, 15) is 4.79 Å². The molecule has 1 aliphatic rings. The van der Waals surface area contributed by atoms with Crippen LogP contribution in [-0.2, 0) is 4.79 Å². The van der Waals surface area contributed by atoms with Crippen molar-refractivity contribution in [3.8, 4) is 0 Å². The number of carbonyl (C=O) groups is 1. The average molecular weight is 290 g/mol. The number of hydrogen-bond acceptors (Lipinski definition) is 3. The van der Waals surface area contributed by atoms with Gasteiger partial charge in [-0.2, -0.15) is 0 Å². The monoisotopic (exact) mass is 290 g/mol. The third kappa shape index (κ3) is 2.54. The van der Waals surface area contributed by atoms with Gasteiger partial charge in [0, 0.05) is 6.04 Å². The molecule has 2 aromatic rings. The van der Waals surface area contributed by atoms with Gasteiger partial charge in [-0.05, 0) is 37.5 Å². The Labute approximate surface area is 122 Å². The van der Waals surface area contributed by atoms with Gasteiger partial charge in [0.05, 0.1) is 16.8 Å². The Morgan fingerprint density at radius 1 is 1.45 bits per heavy atom. The van der Waals surface area contributed by atoms with Crippen molar-refractivity contribution in [3.63, 3.8) is 0 Å². The zero-order chi connectivity index (χ0) is 14.1. The molecule has 1 heterocycles. The summed E-state index contributed by atoms with van der Waals surface area (Å²) in [4.78, 5) is 15.5. The zero-order valence-corrected chi connectivity index (χ0v) is 12.3. The summed E-state index contributed by atoms with van der Waals surface area (Å²) in [6.07, 6.45) is 4.83. The Bertz CT molecular complexity index is 645. The van der Waals surface area contributed by atoms with Gasteiger partial charge in [-0.3, -0.25) is 4.79 Å². The number of benzene rings is 1. The van der Waals surface area contributed by atoms with Crippen LogP contribution in [0, 0.1) is 6.92 Å². The van der Waals surface area contributed by atoms with E-state index >= 15 is 0 Å². The molecule has 3 rings (SSSR count). The van der Waals surface area contributed by atoms with Gasteiger partial charge in [0.1, 0.15) is 0 Å². The van der Waals surface area contributed by atoms with E-state index in [0.717, 1.165) is 16.2 Å². The summed E-state index contributed by atoms with van der Waals surface area (Å²) in [6.45, 7) is 2.05. The molecule has 5 heteroatoms. The second-order valence-electron chi connectivity index (χ2n) is 5.38. The molecule has 4 nitrogen and oxygen atoms in total. The van der Waals surface area contributed by atoms with E-state index in [1.54, 1.807) is 0 Å². The maximum absolute atomic E-state index is 10.8. The van der Waals surface area contributed by atoms with Crippen molar-refractivity contribution in [1.82, 2.24) is 9.55 Å². The van der Waals surface area contributed by atoms with Crippen molar-refractivity contribution < 1.29 is 9.90 Å². The summed E-state index contributed by atoms with van der Waals surface area (Å²) in [5.74, 6) is -0.731. The van der Waals surface area contributed by atoms with E-state index in [-0.39, 0.29) is 5.75 Å². The minimum Gasteiger partial charge on any atom is -0.481 e. The summed E-state index contributed by atoms with van der Waals surface area (Å²) in [7, 11) is 0. The van der Waals surface area contributed by atoms with Crippen LogP contribution in [0.1, 0.15) is 37.3 Å². The van der Waals surface area contributed by atoms with Crippen molar-refractivity contribution in [1.29, 1.82) is 0 Å². The van der Waals surface area contributed by atoms with Gasteiger partial charge in [0.25, 0.3) is 0 Å². The first kappa shape index (κ1) is 13.5. The molecule has 0 radical (unpaired) electrons. The second kappa shape index (κ2) is 5.48. The highest BCUT2D eigenvalue weighted by atomic mass is 32.2. The average Bonchev–Trinajstić information content (AvgIpc) is 3.01. The Morgan fingerprint density at radius 3 is 2.90 bits per heavy atom. The van der Waals surface area contributed by atoms with Crippen LogP contribution in [0.4, 0.5) is 0 Å². The maximum Gasteiger partial charge on any atom is 0.313 e. The molecule has 106 valence electrons. The predicted molar refractivity (Wildman–Crippen MR) is 80.3 cm³/mol. The molecule has 1 fully saturated rings. The lowest BCUT2D eigenvalue weighted by Crippen LogP contribution is -2.07. The first-order valence-electron chi connectivity index (χ1n) is 6.98. The van der Waals surface area contributed by atoms with E-state index < -0.39 is 5.97 Å². The molecule has 0 amide bonds. The number of imidazole rings is 1. The topological polar surface area (TPSA) is 55.1 Å². The molecule has 20 heavy (non-hydrogen) atoms. The number of aryl methyl sites for hydroxylation is 1. The fraction of sp³-hybridized carbons (Fsp3) is 0.467. The van der Waals surface area contributed by atoms with Gasteiger partial charge >= 0.3 is 5.97 Å². The fourth-order valence-corrected chi connectivity index (χ4v) is 3.73. The molecule has 0 atom stereocenters. The minimum absolute atomic E-state index is 0.0645. The van der Waals surface area contributed by atoms with Gasteiger partial charge in [0.2, 0.25) is 0 Å². The Morgan fingerprint density at radius 2 is 2.20 bits per heavy atom. The molecular formula is C15H18N2O2S. The van der Waals surface area contributed by atoms with Crippen LogP contribution in [0.3, 0.4) is 0 Å². The van der Waals surface area contributed by atoms with Crippen molar-refractivity contribution in [2.45, 2.75) is 43.8 Å². The molecule has 1 saturated carbocycles. The first-order chi connectivity index (χ1) is 9.65. The van der Waals surface area contributed by atoms with Gasteiger partial charge in [-0.25, -0.2) is 4.98 Å². The van der Waals surface area contributed by atoms with E-state index in [1.165, 1.54) is 43.0 Å². The number of aliphatic carboxylic acids is 1. The Balaban J connectivity index is 2.05. The maximum atomic E-state index is 10.8. The van der Waals surface area contributed by atoms with Crippen molar-refractivity contribution in [3.05, 3.63) is 23.8 Å². The summed E-state index contributed by atoms with van der Waals surface area (Å²) in [5.41, 5.74) is 3.29. The normalized spacial score (nSPS) is 16.1. The van der Waals surface area contributed by atoms with Gasteiger partial charge in [-0.1, -0.05) is 30.7 Å². The number of thioether (sulfide) groups is 1. The van der Waals surface area contributed by atoms with Crippen LogP contribution in [0.5, 0.6) is 0 Å². The minimum atomic E-state index is -0.795. The van der Waals surface area contributed by atoms with Gasteiger partial charge in [-0.15, -0.1) is 0 Å². The summed E-state index contributed by atoms with van der Waals surface area (Å²) >= 11 is 1.33. The zero-order valence-electron chi connectivity index (χ0n) is 11.5. The molecule has 1 aromatic carbocycles. The van der Waals surface area contributed by atoms with Crippen LogP contribution < -0.4 is 0 Å². The van der Waals surface area contributed by atoms with E-state index in [0.29, 0.717) is 6.04 Å². The standard InChI is InChI=1S/C15H18N2O2S/c1-10-6-7-13-12(8-10)16-15(20-9-14(18)19)17(13)11-4-2-3-5-11/h6-8,11H,2-5,9H2,1H3,(H,18,19). The molecule has 0 saturated heterocycles. The molecule has 1 N–H and O–H groups in total. The third-order valence-corrected chi connectivity index (χ3v) is 4.76. The Hall–Kier alpha value is -1.49. The second-order valence-corrected chi connectivity index (χ2v) is 6.32. The SMILES string of the molecule is Cc1ccc2c(c1)nc(SCC(=O)O)n2C1CCCC1. The molecule has 0 spiro atoms. The molecule has 0 unspecified atom stereocenters. The molecule has 0 aliphatic heterocycles. The van der Waals surface area contributed by atoms with Crippen molar-refractivity contribution in [2.24, 2.45) is 0 Å². The van der Waals surface area contributed by atoms with Gasteiger partial charge in [0.15, 0.2) is 5.16 Å². The highest BCUT2D eigenvalue weighted by Gasteiger charge is 2.23. The lowest BCUT2D eigenvalue weighted by molar-refractivity contribution is -0.133. The number of rotatable bonds is 4. The lowest BCUT2D eigenvalue weighted by atomic mass is 10.2. The molecule has 1 aliphatic carbocycles. The number of fused-ring (bicyclic) bond motifs is 1. The fourth-order valence-electron chi connectivity index (χ4n) is 2.93. The quantitative estimate of drug-likeness (QED) is 0.873. The molecule has 1 aromatic heterocycles. The number of aromatic nitrogens is 2.